The van der Waals surface area contributed by atoms with Crippen LogP contribution in [0.2, 0.25) is 0 Å². The number of ether oxygens (including phenoxy) is 1. The summed E-state index contributed by atoms with van der Waals surface area (Å²) in [5.74, 6) is 0.163. The van der Waals surface area contributed by atoms with Crippen LogP contribution in [-0.2, 0) is 11.8 Å². The van der Waals surface area contributed by atoms with Gasteiger partial charge in [0, 0.05) is 18.5 Å². The number of nitrogens with zero attached hydrogens (tertiary/aromatic N) is 6. The van der Waals surface area contributed by atoms with Crippen LogP contribution in [0.1, 0.15) is 59.5 Å². The highest BCUT2D eigenvalue weighted by molar-refractivity contribution is 5.96. The van der Waals surface area contributed by atoms with Gasteiger partial charge < -0.3 is 19.9 Å². The number of benzene rings is 1. The van der Waals surface area contributed by atoms with E-state index in [0.717, 1.165) is 72.4 Å². The molecule has 186 valence electrons. The van der Waals surface area contributed by atoms with Crippen LogP contribution >= 0.6 is 0 Å². The zero-order valence-electron chi connectivity index (χ0n) is 20.8. The van der Waals surface area contributed by atoms with Crippen molar-refractivity contribution < 1.29 is 9.53 Å². The summed E-state index contributed by atoms with van der Waals surface area (Å²) >= 11 is 0. The minimum absolute atomic E-state index is 0.152. The molecule has 0 radical (unpaired) electrons. The molecule has 1 saturated carbocycles. The fraction of sp³-hybridized carbons (Fsp3) is 0.423. The maximum absolute atomic E-state index is 12.9. The van der Waals surface area contributed by atoms with E-state index in [1.54, 1.807) is 12.5 Å². The Kier molecular flexibility index (Phi) is 5.67. The second kappa shape index (κ2) is 9.02. The standard InChI is InChI=1S/C26H30N8O2/c1-15-19(13-29-34(15)17-9-11-27-12-10-17)30-25-24(26(35)36-3)31-23(21(32-25)16-7-8-16)18-5-4-6-20-22(18)28-14-33(20)2/h4-6,13-14,16-17,27H,7-12H2,1-3H3,(H,30,32). The lowest BCUT2D eigenvalue weighted by Crippen LogP contribution is -2.30. The molecule has 6 rings (SSSR count). The summed E-state index contributed by atoms with van der Waals surface area (Å²) in [7, 11) is 3.33. The lowest BCUT2D eigenvalue weighted by Gasteiger charge is -2.24. The maximum Gasteiger partial charge on any atom is 0.360 e. The van der Waals surface area contributed by atoms with E-state index in [-0.39, 0.29) is 5.69 Å². The molecule has 0 amide bonds. The number of aromatic nitrogens is 6. The van der Waals surface area contributed by atoms with Gasteiger partial charge in [-0.15, -0.1) is 0 Å². The van der Waals surface area contributed by atoms with Gasteiger partial charge in [0.25, 0.3) is 0 Å². The van der Waals surface area contributed by atoms with Crippen LogP contribution in [0.4, 0.5) is 11.5 Å². The second-order valence-corrected chi connectivity index (χ2v) is 9.64. The highest BCUT2D eigenvalue weighted by Gasteiger charge is 2.33. The van der Waals surface area contributed by atoms with Crippen LogP contribution in [0.15, 0.2) is 30.7 Å². The molecule has 10 nitrogen and oxygen atoms in total. The number of fused-ring (bicyclic) bond motifs is 1. The fourth-order valence-electron chi connectivity index (χ4n) is 5.06. The molecule has 0 bridgehead atoms. The van der Waals surface area contributed by atoms with Gasteiger partial charge >= 0.3 is 5.97 Å². The Hall–Kier alpha value is -3.79. The van der Waals surface area contributed by atoms with Crippen LogP contribution in [0.3, 0.4) is 0 Å². The summed E-state index contributed by atoms with van der Waals surface area (Å²) in [5, 5.41) is 11.4. The molecule has 1 aliphatic heterocycles. The van der Waals surface area contributed by atoms with Gasteiger partial charge in [-0.25, -0.2) is 19.7 Å². The van der Waals surface area contributed by atoms with Gasteiger partial charge in [-0.1, -0.05) is 12.1 Å². The van der Waals surface area contributed by atoms with Crippen molar-refractivity contribution in [2.24, 2.45) is 7.05 Å². The lowest BCUT2D eigenvalue weighted by atomic mass is 10.0. The number of carbonyl (C=O) groups excluding carboxylic acids is 1. The largest absolute Gasteiger partial charge is 0.464 e. The molecule has 36 heavy (non-hydrogen) atoms. The van der Waals surface area contributed by atoms with E-state index >= 15 is 0 Å². The molecule has 0 atom stereocenters. The number of carbonyl (C=O) groups is 1. The molecular formula is C26H30N8O2. The maximum atomic E-state index is 12.9. The van der Waals surface area contributed by atoms with Gasteiger partial charge in [0.1, 0.15) is 0 Å². The van der Waals surface area contributed by atoms with E-state index in [1.165, 1.54) is 7.11 Å². The Morgan fingerprint density at radius 3 is 2.72 bits per heavy atom. The topological polar surface area (TPSA) is 112 Å². The number of aryl methyl sites for hydroxylation is 1. The monoisotopic (exact) mass is 486 g/mol. The molecule has 10 heteroatoms. The van der Waals surface area contributed by atoms with E-state index in [9.17, 15) is 4.79 Å². The third-order valence-corrected chi connectivity index (χ3v) is 7.23. The van der Waals surface area contributed by atoms with Crippen LogP contribution in [0, 0.1) is 6.92 Å². The van der Waals surface area contributed by atoms with Crippen LogP contribution in [-0.4, -0.2) is 55.5 Å². The van der Waals surface area contributed by atoms with Crippen molar-refractivity contribution in [1.82, 2.24) is 34.6 Å². The van der Waals surface area contributed by atoms with E-state index in [2.05, 4.69) is 25.4 Å². The third-order valence-electron chi connectivity index (χ3n) is 7.23. The van der Waals surface area contributed by atoms with Gasteiger partial charge in [0.05, 0.1) is 59.5 Å². The molecule has 4 aromatic rings. The minimum atomic E-state index is -0.537. The van der Waals surface area contributed by atoms with Gasteiger partial charge in [-0.05, 0) is 51.8 Å². The predicted octanol–water partition coefficient (Wildman–Crippen LogP) is 3.87. The average Bonchev–Trinajstić information content (AvgIpc) is 3.60. The highest BCUT2D eigenvalue weighted by Crippen LogP contribution is 2.45. The molecule has 0 spiro atoms. The number of nitrogens with one attached hydrogen (secondary N) is 2. The fourth-order valence-corrected chi connectivity index (χ4v) is 5.06. The van der Waals surface area contributed by atoms with Gasteiger partial charge in [0.2, 0.25) is 0 Å². The Bertz CT molecular complexity index is 1450. The highest BCUT2D eigenvalue weighted by atomic mass is 16.5. The normalized spacial score (nSPS) is 16.4. The Morgan fingerprint density at radius 2 is 1.97 bits per heavy atom. The quantitative estimate of drug-likeness (QED) is 0.395. The summed E-state index contributed by atoms with van der Waals surface area (Å²) in [6, 6.07) is 6.36. The number of hydrogen-bond donors (Lipinski definition) is 2. The minimum Gasteiger partial charge on any atom is -0.464 e. The van der Waals surface area contributed by atoms with Gasteiger partial charge in [-0.3, -0.25) is 4.68 Å². The van der Waals surface area contributed by atoms with Crippen molar-refractivity contribution >= 4 is 28.5 Å². The first-order chi connectivity index (χ1) is 17.5. The molecule has 1 aliphatic carbocycles. The van der Waals surface area contributed by atoms with Crippen LogP contribution in [0.5, 0.6) is 0 Å². The molecule has 2 N–H and O–H groups in total. The first-order valence-corrected chi connectivity index (χ1v) is 12.5. The Morgan fingerprint density at radius 1 is 1.17 bits per heavy atom. The summed E-state index contributed by atoms with van der Waals surface area (Å²) in [6.45, 7) is 4.01. The van der Waals surface area contributed by atoms with Crippen molar-refractivity contribution in [2.45, 2.75) is 44.6 Å². The lowest BCUT2D eigenvalue weighted by molar-refractivity contribution is 0.0595. The molecule has 1 saturated heterocycles. The molecular weight excluding hydrogens is 456 g/mol. The average molecular weight is 487 g/mol. The third kappa shape index (κ3) is 3.91. The summed E-state index contributed by atoms with van der Waals surface area (Å²) in [6.07, 6.45) is 7.76. The number of anilines is 2. The Balaban J connectivity index is 1.45. The molecule has 1 aromatic carbocycles. The number of methoxy groups -OCH3 is 1. The number of para-hydroxylation sites is 1. The van der Waals surface area contributed by atoms with E-state index in [1.807, 2.05) is 36.7 Å². The molecule has 2 fully saturated rings. The van der Waals surface area contributed by atoms with Crippen LogP contribution < -0.4 is 10.6 Å². The number of piperidine rings is 1. The van der Waals surface area contributed by atoms with Crippen molar-refractivity contribution in [3.63, 3.8) is 0 Å². The zero-order chi connectivity index (χ0) is 24.8. The van der Waals surface area contributed by atoms with Gasteiger partial charge in [0.15, 0.2) is 11.5 Å². The van der Waals surface area contributed by atoms with Crippen molar-refractivity contribution in [3.05, 3.63) is 47.8 Å². The smallest absolute Gasteiger partial charge is 0.360 e. The van der Waals surface area contributed by atoms with Crippen molar-refractivity contribution in [2.75, 3.05) is 25.5 Å². The van der Waals surface area contributed by atoms with Crippen molar-refractivity contribution in [3.8, 4) is 11.3 Å². The summed E-state index contributed by atoms with van der Waals surface area (Å²) in [5.41, 5.74) is 6.25. The zero-order valence-corrected chi connectivity index (χ0v) is 20.8. The van der Waals surface area contributed by atoms with E-state index in [4.69, 9.17) is 14.7 Å². The number of imidazole rings is 1. The summed E-state index contributed by atoms with van der Waals surface area (Å²) < 4.78 is 9.17. The summed E-state index contributed by atoms with van der Waals surface area (Å²) in [4.78, 5) is 27.4. The first-order valence-electron chi connectivity index (χ1n) is 12.5. The van der Waals surface area contributed by atoms with E-state index < -0.39 is 5.97 Å². The Labute approximate surface area is 209 Å². The van der Waals surface area contributed by atoms with Crippen molar-refractivity contribution in [1.29, 1.82) is 0 Å². The molecule has 4 heterocycles. The predicted molar refractivity (Wildman–Crippen MR) is 136 cm³/mol. The first kappa shape index (κ1) is 22.7. The molecule has 3 aromatic heterocycles. The van der Waals surface area contributed by atoms with Crippen LogP contribution in [0.25, 0.3) is 22.3 Å². The molecule has 0 unspecified atom stereocenters. The molecule has 2 aliphatic rings. The number of esters is 1. The van der Waals surface area contributed by atoms with Gasteiger partial charge in [-0.2, -0.15) is 5.10 Å². The van der Waals surface area contributed by atoms with E-state index in [0.29, 0.717) is 23.5 Å². The second-order valence-electron chi connectivity index (χ2n) is 9.64. The number of hydrogen-bond acceptors (Lipinski definition) is 8. The number of rotatable bonds is 6. The SMILES string of the molecule is COC(=O)c1nc(-c2cccc3c2ncn3C)c(C2CC2)nc1Nc1cnn(C2CCNCC2)c1C.